The van der Waals surface area contributed by atoms with Crippen LogP contribution in [0, 0.1) is 0 Å². The molecular formula is C23H20BrCl2N3O3S2. The number of halogens is 3. The maximum absolute atomic E-state index is 13.3. The highest BCUT2D eigenvalue weighted by Crippen LogP contribution is 2.25. The molecule has 178 valence electrons. The van der Waals surface area contributed by atoms with E-state index in [1.54, 1.807) is 42.1 Å². The third kappa shape index (κ3) is 7.31. The molecule has 0 heterocycles. The van der Waals surface area contributed by atoms with Gasteiger partial charge in [0.05, 0.1) is 27.7 Å². The lowest BCUT2D eigenvalue weighted by Crippen LogP contribution is -2.39. The zero-order valence-corrected chi connectivity index (χ0v) is 22.6. The average Bonchev–Trinajstić information content (AvgIpc) is 2.81. The van der Waals surface area contributed by atoms with E-state index in [2.05, 4.69) is 26.5 Å². The molecule has 3 aromatic carbocycles. The Hall–Kier alpha value is -1.88. The minimum atomic E-state index is -4.00. The summed E-state index contributed by atoms with van der Waals surface area (Å²) in [5, 5.41) is 4.60. The van der Waals surface area contributed by atoms with Crippen LogP contribution in [0.4, 0.5) is 0 Å². The van der Waals surface area contributed by atoms with Crippen LogP contribution in [0.5, 0.6) is 0 Å². The number of sulfonamides is 1. The van der Waals surface area contributed by atoms with Crippen molar-refractivity contribution in [3.8, 4) is 0 Å². The molecule has 3 aromatic rings. The molecule has 0 fully saturated rings. The Morgan fingerprint density at radius 1 is 1.06 bits per heavy atom. The number of carbonyl (C=O) groups is 1. The van der Waals surface area contributed by atoms with Gasteiger partial charge in [-0.15, -0.1) is 11.8 Å². The molecule has 0 saturated heterocycles. The molecule has 0 atom stereocenters. The van der Waals surface area contributed by atoms with Crippen LogP contribution in [-0.4, -0.2) is 37.6 Å². The van der Waals surface area contributed by atoms with Gasteiger partial charge in [-0.2, -0.15) is 9.41 Å². The first kappa shape index (κ1) is 26.7. The molecule has 34 heavy (non-hydrogen) atoms. The van der Waals surface area contributed by atoms with Gasteiger partial charge < -0.3 is 0 Å². The molecule has 0 aliphatic carbocycles. The van der Waals surface area contributed by atoms with E-state index in [4.69, 9.17) is 23.2 Å². The summed E-state index contributed by atoms with van der Waals surface area (Å²) >= 11 is 17.0. The first-order valence-electron chi connectivity index (χ1n) is 9.84. The SMILES string of the molecule is CSc1ccc(/C=N/NC(=O)CN(Cc2ccc(Cl)c(Cl)c2)S(=O)(=O)c2ccc(Br)cc2)cc1. The van der Waals surface area contributed by atoms with Crippen LogP contribution in [-0.2, 0) is 21.4 Å². The summed E-state index contributed by atoms with van der Waals surface area (Å²) in [6.07, 6.45) is 3.48. The molecule has 0 aliphatic rings. The lowest BCUT2D eigenvalue weighted by molar-refractivity contribution is -0.121. The second-order valence-electron chi connectivity index (χ2n) is 7.04. The van der Waals surface area contributed by atoms with E-state index in [-0.39, 0.29) is 11.4 Å². The highest BCUT2D eigenvalue weighted by molar-refractivity contribution is 9.10. The van der Waals surface area contributed by atoms with Crippen molar-refractivity contribution in [2.24, 2.45) is 5.10 Å². The van der Waals surface area contributed by atoms with Gasteiger partial charge in [0, 0.05) is 15.9 Å². The lowest BCUT2D eigenvalue weighted by atomic mass is 10.2. The number of nitrogens with zero attached hydrogens (tertiary/aromatic N) is 2. The van der Waals surface area contributed by atoms with Gasteiger partial charge in [-0.25, -0.2) is 13.8 Å². The third-order valence-electron chi connectivity index (χ3n) is 4.63. The third-order valence-corrected chi connectivity index (χ3v) is 8.45. The van der Waals surface area contributed by atoms with Crippen LogP contribution in [0.15, 0.2) is 86.1 Å². The number of hydrazone groups is 1. The fraction of sp³-hybridized carbons (Fsp3) is 0.130. The van der Waals surface area contributed by atoms with Crippen molar-refractivity contribution >= 4 is 73.0 Å². The van der Waals surface area contributed by atoms with Crippen molar-refractivity contribution in [3.05, 3.63) is 92.4 Å². The summed E-state index contributed by atoms with van der Waals surface area (Å²) in [4.78, 5) is 13.8. The van der Waals surface area contributed by atoms with Crippen LogP contribution in [0.1, 0.15) is 11.1 Å². The lowest BCUT2D eigenvalue weighted by Gasteiger charge is -2.22. The zero-order valence-electron chi connectivity index (χ0n) is 17.9. The quantitative estimate of drug-likeness (QED) is 0.191. The first-order chi connectivity index (χ1) is 16.2. The number of amides is 1. The Labute approximate surface area is 221 Å². The van der Waals surface area contributed by atoms with E-state index in [0.29, 0.717) is 15.6 Å². The van der Waals surface area contributed by atoms with Gasteiger partial charge in [0.25, 0.3) is 5.91 Å². The average molecular weight is 601 g/mol. The van der Waals surface area contributed by atoms with Gasteiger partial charge in [0.15, 0.2) is 0 Å². The highest BCUT2D eigenvalue weighted by atomic mass is 79.9. The van der Waals surface area contributed by atoms with E-state index in [1.165, 1.54) is 18.3 Å². The smallest absolute Gasteiger partial charge is 0.255 e. The maximum atomic E-state index is 13.3. The van der Waals surface area contributed by atoms with E-state index in [9.17, 15) is 13.2 Å². The Morgan fingerprint density at radius 2 is 1.74 bits per heavy atom. The van der Waals surface area contributed by atoms with Gasteiger partial charge in [-0.05, 0) is 65.9 Å². The van der Waals surface area contributed by atoms with Crippen molar-refractivity contribution < 1.29 is 13.2 Å². The van der Waals surface area contributed by atoms with E-state index in [1.807, 2.05) is 30.5 Å². The molecule has 3 rings (SSSR count). The molecule has 0 aliphatic heterocycles. The van der Waals surface area contributed by atoms with Crippen LogP contribution >= 0.6 is 50.9 Å². The van der Waals surface area contributed by atoms with Crippen LogP contribution in [0.2, 0.25) is 10.0 Å². The molecule has 0 aromatic heterocycles. The van der Waals surface area contributed by atoms with Crippen molar-refractivity contribution in [2.75, 3.05) is 12.8 Å². The number of thioether (sulfide) groups is 1. The fourth-order valence-corrected chi connectivity index (χ4v) is 5.27. The minimum absolute atomic E-state index is 0.0564. The Bertz CT molecular complexity index is 1290. The van der Waals surface area contributed by atoms with Gasteiger partial charge >= 0.3 is 0 Å². The molecule has 0 bridgehead atoms. The predicted octanol–water partition coefficient (Wildman–Crippen LogP) is 5.82. The van der Waals surface area contributed by atoms with Gasteiger partial charge in [-0.1, -0.05) is 57.3 Å². The Kier molecular flexibility index (Phi) is 9.58. The van der Waals surface area contributed by atoms with Crippen molar-refractivity contribution in [1.29, 1.82) is 0 Å². The first-order valence-corrected chi connectivity index (χ1v) is 14.1. The summed E-state index contributed by atoms with van der Waals surface area (Å²) in [5.74, 6) is -0.585. The molecule has 6 nitrogen and oxygen atoms in total. The molecule has 0 spiro atoms. The largest absolute Gasteiger partial charge is 0.272 e. The number of hydrogen-bond acceptors (Lipinski definition) is 5. The molecule has 1 N–H and O–H groups in total. The monoisotopic (exact) mass is 599 g/mol. The number of rotatable bonds is 9. The molecular weight excluding hydrogens is 581 g/mol. The van der Waals surface area contributed by atoms with Gasteiger partial charge in [0.2, 0.25) is 10.0 Å². The van der Waals surface area contributed by atoms with E-state index < -0.39 is 22.5 Å². The highest BCUT2D eigenvalue weighted by Gasteiger charge is 2.27. The van der Waals surface area contributed by atoms with Gasteiger partial charge in [0.1, 0.15) is 0 Å². The minimum Gasteiger partial charge on any atom is -0.272 e. The van der Waals surface area contributed by atoms with Crippen molar-refractivity contribution in [3.63, 3.8) is 0 Å². The summed E-state index contributed by atoms with van der Waals surface area (Å²) in [6, 6.07) is 18.6. The number of carbonyl (C=O) groups excluding carboxylic acids is 1. The second-order valence-corrected chi connectivity index (χ2v) is 11.6. The number of benzene rings is 3. The summed E-state index contributed by atoms with van der Waals surface area (Å²) in [6.45, 7) is -0.524. The fourth-order valence-electron chi connectivity index (χ4n) is 2.89. The molecule has 0 unspecified atom stereocenters. The molecule has 0 radical (unpaired) electrons. The van der Waals surface area contributed by atoms with Crippen LogP contribution in [0.25, 0.3) is 0 Å². The molecule has 0 saturated carbocycles. The Balaban J connectivity index is 1.79. The Morgan fingerprint density at radius 3 is 2.35 bits per heavy atom. The second kappa shape index (κ2) is 12.2. The van der Waals surface area contributed by atoms with E-state index >= 15 is 0 Å². The van der Waals surface area contributed by atoms with Crippen molar-refractivity contribution in [1.82, 2.24) is 9.73 Å². The van der Waals surface area contributed by atoms with Crippen LogP contribution in [0.3, 0.4) is 0 Å². The molecule has 11 heteroatoms. The summed E-state index contributed by atoms with van der Waals surface area (Å²) < 4.78 is 28.4. The van der Waals surface area contributed by atoms with E-state index in [0.717, 1.165) is 19.2 Å². The normalized spacial score (nSPS) is 11.8. The molecule has 1 amide bonds. The summed E-state index contributed by atoms with van der Waals surface area (Å²) in [7, 11) is -4.00. The zero-order chi connectivity index (χ0) is 24.7. The summed E-state index contributed by atoms with van der Waals surface area (Å²) in [5.41, 5.74) is 3.78. The number of nitrogens with one attached hydrogen (secondary N) is 1. The maximum Gasteiger partial charge on any atom is 0.255 e. The number of hydrogen-bond donors (Lipinski definition) is 1. The predicted molar refractivity (Wildman–Crippen MR) is 142 cm³/mol. The van der Waals surface area contributed by atoms with Crippen molar-refractivity contribution in [2.45, 2.75) is 16.3 Å². The van der Waals surface area contributed by atoms with Gasteiger partial charge in [-0.3, -0.25) is 4.79 Å². The standard InChI is InChI=1S/C23H20BrCl2N3O3S2/c1-33-19-7-2-16(3-8-19)13-27-28-23(30)15-29(14-17-4-11-21(25)22(26)12-17)34(31,32)20-9-5-18(24)6-10-20/h2-13H,14-15H2,1H3,(H,28,30)/b27-13+. The van der Waals surface area contributed by atoms with Crippen LogP contribution < -0.4 is 5.43 Å². The topological polar surface area (TPSA) is 78.8 Å².